The number of rotatable bonds is 7. The van der Waals surface area contributed by atoms with E-state index in [9.17, 15) is 0 Å². The summed E-state index contributed by atoms with van der Waals surface area (Å²) in [4.78, 5) is 6.52. The zero-order valence-electron chi connectivity index (χ0n) is 15.3. The van der Waals surface area contributed by atoms with Crippen LogP contribution in [0, 0.1) is 0 Å². The second-order valence-corrected chi connectivity index (χ2v) is 6.01. The minimum absolute atomic E-state index is 0.564. The molecule has 136 valence electrons. The van der Waals surface area contributed by atoms with Crippen molar-refractivity contribution in [3.63, 3.8) is 0 Å². The maximum Gasteiger partial charge on any atom is 0.191 e. The summed E-state index contributed by atoms with van der Waals surface area (Å²) in [6.45, 7) is 2.38. The predicted molar refractivity (Wildman–Crippen MR) is 106 cm³/mol. The van der Waals surface area contributed by atoms with E-state index < -0.39 is 0 Å². The Bertz CT molecular complexity index is 841. The van der Waals surface area contributed by atoms with E-state index in [1.54, 1.807) is 7.05 Å². The van der Waals surface area contributed by atoms with Gasteiger partial charge in [0.2, 0.25) is 0 Å². The number of hydrogen-bond acceptors (Lipinski definition) is 4. The SMILES string of the molecule is CN=C(NCCCN(C)c1ccccc1)NCc1nnc2ccccn12. The fourth-order valence-electron chi connectivity index (χ4n) is 2.73. The number of anilines is 1. The molecule has 0 radical (unpaired) electrons. The van der Waals surface area contributed by atoms with Crippen LogP contribution in [0.5, 0.6) is 0 Å². The Labute approximate surface area is 153 Å². The average Bonchev–Trinajstić information content (AvgIpc) is 3.11. The lowest BCUT2D eigenvalue weighted by Gasteiger charge is -2.19. The fraction of sp³-hybridized carbons (Fsp3) is 0.316. The normalized spacial score (nSPS) is 11.5. The van der Waals surface area contributed by atoms with Crippen molar-refractivity contribution in [1.29, 1.82) is 0 Å². The van der Waals surface area contributed by atoms with Crippen molar-refractivity contribution in [3.05, 3.63) is 60.6 Å². The van der Waals surface area contributed by atoms with Crippen molar-refractivity contribution in [2.24, 2.45) is 4.99 Å². The topological polar surface area (TPSA) is 69.8 Å². The highest BCUT2D eigenvalue weighted by molar-refractivity contribution is 5.79. The number of benzene rings is 1. The lowest BCUT2D eigenvalue weighted by Crippen LogP contribution is -2.38. The molecule has 0 saturated carbocycles. The Morgan fingerprint density at radius 1 is 1.08 bits per heavy atom. The van der Waals surface area contributed by atoms with Gasteiger partial charge in [0.15, 0.2) is 17.4 Å². The number of nitrogens with one attached hydrogen (secondary N) is 2. The number of para-hydroxylation sites is 1. The molecule has 0 bridgehead atoms. The third-order valence-electron chi connectivity index (χ3n) is 4.18. The first-order valence-corrected chi connectivity index (χ1v) is 8.77. The van der Waals surface area contributed by atoms with E-state index in [2.05, 4.69) is 62.0 Å². The first-order chi connectivity index (χ1) is 12.8. The highest BCUT2D eigenvalue weighted by Gasteiger charge is 2.05. The average molecular weight is 351 g/mol. The molecule has 0 aliphatic carbocycles. The maximum absolute atomic E-state index is 4.27. The van der Waals surface area contributed by atoms with Gasteiger partial charge in [-0.05, 0) is 30.7 Å². The number of fused-ring (bicyclic) bond motifs is 1. The van der Waals surface area contributed by atoms with E-state index in [4.69, 9.17) is 0 Å². The Hall–Kier alpha value is -3.09. The molecule has 2 N–H and O–H groups in total. The number of hydrogen-bond donors (Lipinski definition) is 2. The fourth-order valence-corrected chi connectivity index (χ4v) is 2.73. The van der Waals surface area contributed by atoms with Gasteiger partial charge in [0.1, 0.15) is 0 Å². The van der Waals surface area contributed by atoms with Crippen LogP contribution in [0.3, 0.4) is 0 Å². The van der Waals surface area contributed by atoms with Crippen LogP contribution < -0.4 is 15.5 Å². The van der Waals surface area contributed by atoms with Crippen molar-refractivity contribution < 1.29 is 0 Å². The summed E-state index contributed by atoms with van der Waals surface area (Å²) in [5.41, 5.74) is 2.07. The Balaban J connectivity index is 1.42. The molecule has 0 aliphatic rings. The molecule has 7 nitrogen and oxygen atoms in total. The molecule has 26 heavy (non-hydrogen) atoms. The van der Waals surface area contributed by atoms with Crippen LogP contribution in [-0.4, -0.2) is 47.7 Å². The van der Waals surface area contributed by atoms with Crippen molar-refractivity contribution in [3.8, 4) is 0 Å². The Morgan fingerprint density at radius 2 is 1.88 bits per heavy atom. The maximum atomic E-state index is 4.27. The van der Waals surface area contributed by atoms with E-state index in [0.29, 0.717) is 6.54 Å². The largest absolute Gasteiger partial charge is 0.375 e. The molecule has 0 unspecified atom stereocenters. The van der Waals surface area contributed by atoms with Gasteiger partial charge in [-0.2, -0.15) is 0 Å². The van der Waals surface area contributed by atoms with Crippen molar-refractivity contribution in [2.45, 2.75) is 13.0 Å². The monoisotopic (exact) mass is 351 g/mol. The van der Waals surface area contributed by atoms with E-state index >= 15 is 0 Å². The quantitative estimate of drug-likeness (QED) is 0.387. The van der Waals surface area contributed by atoms with Gasteiger partial charge < -0.3 is 15.5 Å². The molecule has 0 spiro atoms. The number of pyridine rings is 1. The van der Waals surface area contributed by atoms with Gasteiger partial charge in [0, 0.05) is 39.1 Å². The third-order valence-corrected chi connectivity index (χ3v) is 4.18. The Morgan fingerprint density at radius 3 is 2.69 bits per heavy atom. The molecular formula is C19H25N7. The standard InChI is InChI=1S/C19H25N7/c1-20-19(21-12-8-13-25(2)16-9-4-3-5-10-16)22-15-18-24-23-17-11-6-7-14-26(17)18/h3-7,9-11,14H,8,12-13,15H2,1-2H3,(H2,20,21,22). The lowest BCUT2D eigenvalue weighted by molar-refractivity contribution is 0.718. The summed E-state index contributed by atoms with van der Waals surface area (Å²) in [6.07, 6.45) is 2.97. The van der Waals surface area contributed by atoms with Gasteiger partial charge in [-0.1, -0.05) is 24.3 Å². The minimum atomic E-state index is 0.564. The summed E-state index contributed by atoms with van der Waals surface area (Å²) in [5, 5.41) is 15.0. The second-order valence-electron chi connectivity index (χ2n) is 6.01. The molecular weight excluding hydrogens is 326 g/mol. The minimum Gasteiger partial charge on any atom is -0.375 e. The van der Waals surface area contributed by atoms with Crippen molar-refractivity contribution in [1.82, 2.24) is 25.2 Å². The predicted octanol–water partition coefficient (Wildman–Crippen LogP) is 1.92. The van der Waals surface area contributed by atoms with Gasteiger partial charge in [-0.15, -0.1) is 10.2 Å². The Kier molecular flexibility index (Phi) is 6.03. The summed E-state index contributed by atoms with van der Waals surface area (Å²) in [7, 11) is 3.88. The van der Waals surface area contributed by atoms with Gasteiger partial charge in [0.05, 0.1) is 6.54 Å². The molecule has 2 aromatic heterocycles. The lowest BCUT2D eigenvalue weighted by atomic mass is 10.3. The van der Waals surface area contributed by atoms with Gasteiger partial charge in [0.25, 0.3) is 0 Å². The van der Waals surface area contributed by atoms with E-state index in [1.807, 2.05) is 34.9 Å². The van der Waals surface area contributed by atoms with Gasteiger partial charge in [-0.3, -0.25) is 9.39 Å². The summed E-state index contributed by atoms with van der Waals surface area (Å²) >= 11 is 0. The first-order valence-electron chi connectivity index (χ1n) is 8.77. The highest BCUT2D eigenvalue weighted by Crippen LogP contribution is 2.10. The molecule has 1 aromatic carbocycles. The summed E-state index contributed by atoms with van der Waals surface area (Å²) in [5.74, 6) is 1.62. The van der Waals surface area contributed by atoms with E-state index in [1.165, 1.54) is 5.69 Å². The van der Waals surface area contributed by atoms with Crippen LogP contribution in [-0.2, 0) is 6.54 Å². The van der Waals surface area contributed by atoms with Crippen LogP contribution in [0.2, 0.25) is 0 Å². The van der Waals surface area contributed by atoms with Gasteiger partial charge in [-0.25, -0.2) is 0 Å². The molecule has 2 heterocycles. The summed E-state index contributed by atoms with van der Waals surface area (Å²) < 4.78 is 1.97. The van der Waals surface area contributed by atoms with E-state index in [0.717, 1.165) is 36.9 Å². The molecule has 0 saturated heterocycles. The van der Waals surface area contributed by atoms with Gasteiger partial charge >= 0.3 is 0 Å². The smallest absolute Gasteiger partial charge is 0.191 e. The number of guanidine groups is 1. The van der Waals surface area contributed by atoms with Crippen LogP contribution in [0.1, 0.15) is 12.2 Å². The molecule has 0 fully saturated rings. The molecule has 0 atom stereocenters. The molecule has 0 aliphatic heterocycles. The zero-order valence-corrected chi connectivity index (χ0v) is 15.3. The van der Waals surface area contributed by atoms with Crippen molar-refractivity contribution in [2.75, 3.05) is 32.1 Å². The summed E-state index contributed by atoms with van der Waals surface area (Å²) in [6, 6.07) is 16.3. The van der Waals surface area contributed by atoms with Crippen LogP contribution in [0.15, 0.2) is 59.7 Å². The van der Waals surface area contributed by atoms with Crippen LogP contribution >= 0.6 is 0 Å². The molecule has 3 aromatic rings. The third kappa shape index (κ3) is 4.50. The highest BCUT2D eigenvalue weighted by atomic mass is 15.3. The molecule has 3 rings (SSSR count). The first kappa shape index (κ1) is 17.7. The van der Waals surface area contributed by atoms with Crippen LogP contribution in [0.25, 0.3) is 5.65 Å². The van der Waals surface area contributed by atoms with Crippen LogP contribution in [0.4, 0.5) is 5.69 Å². The zero-order chi connectivity index (χ0) is 18.2. The number of nitrogens with zero attached hydrogens (tertiary/aromatic N) is 5. The number of aromatic nitrogens is 3. The van der Waals surface area contributed by atoms with E-state index in [-0.39, 0.29) is 0 Å². The number of aliphatic imine (C=N–C) groups is 1. The van der Waals surface area contributed by atoms with Crippen molar-refractivity contribution >= 4 is 17.3 Å². The second kappa shape index (κ2) is 8.84. The molecule has 7 heteroatoms. The molecule has 0 amide bonds.